The number of nitrogens with one attached hydrogen (secondary N) is 1. The molecule has 5 heteroatoms. The van der Waals surface area contributed by atoms with Crippen LogP contribution in [-0.2, 0) is 6.54 Å². The predicted octanol–water partition coefficient (Wildman–Crippen LogP) is 2.33. The fourth-order valence-corrected chi connectivity index (χ4v) is 2.45. The summed E-state index contributed by atoms with van der Waals surface area (Å²) in [5.74, 6) is -0.348. The second-order valence-corrected chi connectivity index (χ2v) is 5.17. The van der Waals surface area contributed by atoms with Gasteiger partial charge < -0.3 is 15.3 Å². The van der Waals surface area contributed by atoms with Gasteiger partial charge in [0.2, 0.25) is 0 Å². The molecule has 1 aliphatic heterocycles. The molecule has 1 heterocycles. The average molecular weight is 276 g/mol. The Morgan fingerprint density at radius 3 is 2.90 bits per heavy atom. The van der Waals surface area contributed by atoms with Crippen LogP contribution in [0.5, 0.6) is 0 Å². The van der Waals surface area contributed by atoms with Gasteiger partial charge >= 0.3 is 12.0 Å². The van der Waals surface area contributed by atoms with E-state index in [1.54, 1.807) is 18.2 Å². The van der Waals surface area contributed by atoms with E-state index in [-0.39, 0.29) is 11.6 Å². The maximum absolute atomic E-state index is 12.0. The molecule has 2 rings (SSSR count). The smallest absolute Gasteiger partial charge is 0.335 e. The van der Waals surface area contributed by atoms with Crippen molar-refractivity contribution in [3.05, 3.63) is 35.4 Å². The Morgan fingerprint density at radius 1 is 1.45 bits per heavy atom. The number of benzene rings is 1. The minimum atomic E-state index is -0.955. The van der Waals surface area contributed by atoms with Gasteiger partial charge in [-0.2, -0.15) is 0 Å². The third kappa shape index (κ3) is 3.50. The highest BCUT2D eigenvalue weighted by molar-refractivity contribution is 5.87. The third-order valence-electron chi connectivity index (χ3n) is 3.77. The molecule has 1 aliphatic rings. The summed E-state index contributed by atoms with van der Waals surface area (Å²) in [7, 11) is 0. The SMILES string of the molecule is CCC1CCN(C(=O)NCc2cccc(C(=O)O)c2)C1. The minimum absolute atomic E-state index is 0.0679. The van der Waals surface area contributed by atoms with Crippen molar-refractivity contribution in [2.75, 3.05) is 13.1 Å². The summed E-state index contributed by atoms with van der Waals surface area (Å²) in [5.41, 5.74) is 1.04. The van der Waals surface area contributed by atoms with Gasteiger partial charge in [-0.3, -0.25) is 0 Å². The standard InChI is InChI=1S/C15H20N2O3/c1-2-11-6-7-17(10-11)15(20)16-9-12-4-3-5-13(8-12)14(18)19/h3-5,8,11H,2,6-7,9-10H2,1H3,(H,16,20)(H,18,19). The Labute approximate surface area is 118 Å². The predicted molar refractivity (Wildman–Crippen MR) is 75.6 cm³/mol. The monoisotopic (exact) mass is 276 g/mol. The number of urea groups is 1. The van der Waals surface area contributed by atoms with E-state index in [1.165, 1.54) is 0 Å². The Morgan fingerprint density at radius 2 is 2.25 bits per heavy atom. The van der Waals surface area contributed by atoms with Gasteiger partial charge in [0.15, 0.2) is 0 Å². The van der Waals surface area contributed by atoms with Crippen molar-refractivity contribution in [1.82, 2.24) is 10.2 Å². The van der Waals surface area contributed by atoms with Gasteiger partial charge in [0.1, 0.15) is 0 Å². The van der Waals surface area contributed by atoms with Crippen molar-refractivity contribution in [2.24, 2.45) is 5.92 Å². The molecule has 0 radical (unpaired) electrons. The summed E-state index contributed by atoms with van der Waals surface area (Å²) in [6, 6.07) is 6.56. The van der Waals surface area contributed by atoms with E-state index in [9.17, 15) is 9.59 Å². The number of carbonyl (C=O) groups is 2. The molecule has 5 nitrogen and oxygen atoms in total. The fourth-order valence-electron chi connectivity index (χ4n) is 2.45. The van der Waals surface area contributed by atoms with Crippen molar-refractivity contribution in [3.63, 3.8) is 0 Å². The van der Waals surface area contributed by atoms with Crippen LogP contribution >= 0.6 is 0 Å². The van der Waals surface area contributed by atoms with Gasteiger partial charge in [0.05, 0.1) is 5.56 Å². The summed E-state index contributed by atoms with van der Waals surface area (Å²) < 4.78 is 0. The van der Waals surface area contributed by atoms with Crippen LogP contribution in [0.15, 0.2) is 24.3 Å². The van der Waals surface area contributed by atoms with E-state index in [4.69, 9.17) is 5.11 Å². The second kappa shape index (κ2) is 6.41. The molecule has 1 unspecified atom stereocenters. The topological polar surface area (TPSA) is 69.6 Å². The maximum Gasteiger partial charge on any atom is 0.335 e. The first kappa shape index (κ1) is 14.4. The number of likely N-dealkylation sites (tertiary alicyclic amines) is 1. The Hall–Kier alpha value is -2.04. The molecule has 1 fully saturated rings. The molecule has 2 N–H and O–H groups in total. The zero-order valence-corrected chi connectivity index (χ0v) is 11.6. The van der Waals surface area contributed by atoms with Crippen LogP contribution in [0.3, 0.4) is 0 Å². The van der Waals surface area contributed by atoms with Crippen LogP contribution in [0.1, 0.15) is 35.7 Å². The summed E-state index contributed by atoms with van der Waals surface area (Å²) in [6.07, 6.45) is 2.17. The molecule has 1 aromatic carbocycles. The van der Waals surface area contributed by atoms with E-state index >= 15 is 0 Å². The molecule has 2 amide bonds. The first-order chi connectivity index (χ1) is 9.60. The summed E-state index contributed by atoms with van der Waals surface area (Å²) in [5, 5.41) is 11.8. The molecular formula is C15H20N2O3. The summed E-state index contributed by atoms with van der Waals surface area (Å²) in [6.45, 7) is 4.12. The lowest BCUT2D eigenvalue weighted by Crippen LogP contribution is -2.38. The normalized spacial score (nSPS) is 18.1. The zero-order chi connectivity index (χ0) is 14.5. The molecule has 1 atom stereocenters. The maximum atomic E-state index is 12.0. The number of rotatable bonds is 4. The zero-order valence-electron chi connectivity index (χ0n) is 11.6. The number of carbonyl (C=O) groups excluding carboxylic acids is 1. The highest BCUT2D eigenvalue weighted by Crippen LogP contribution is 2.18. The molecule has 0 aromatic heterocycles. The lowest BCUT2D eigenvalue weighted by atomic mass is 10.1. The Balaban J connectivity index is 1.87. The van der Waals surface area contributed by atoms with E-state index < -0.39 is 5.97 Å². The molecule has 0 aliphatic carbocycles. The van der Waals surface area contributed by atoms with E-state index in [0.717, 1.165) is 31.5 Å². The first-order valence-electron chi connectivity index (χ1n) is 6.95. The lowest BCUT2D eigenvalue weighted by Gasteiger charge is -2.17. The number of amides is 2. The highest BCUT2D eigenvalue weighted by Gasteiger charge is 2.24. The molecule has 0 spiro atoms. The molecule has 108 valence electrons. The van der Waals surface area contributed by atoms with E-state index in [2.05, 4.69) is 12.2 Å². The van der Waals surface area contributed by atoms with Crippen molar-refractivity contribution in [3.8, 4) is 0 Å². The first-order valence-corrected chi connectivity index (χ1v) is 6.95. The van der Waals surface area contributed by atoms with Gasteiger partial charge in [-0.25, -0.2) is 9.59 Å². The quantitative estimate of drug-likeness (QED) is 0.886. The Kier molecular flexibility index (Phi) is 4.61. The number of hydrogen-bond acceptors (Lipinski definition) is 2. The van der Waals surface area contributed by atoms with E-state index in [1.807, 2.05) is 11.0 Å². The van der Waals surface area contributed by atoms with Crippen molar-refractivity contribution >= 4 is 12.0 Å². The third-order valence-corrected chi connectivity index (χ3v) is 3.77. The van der Waals surface area contributed by atoms with E-state index in [0.29, 0.717) is 12.5 Å². The molecule has 1 aromatic rings. The van der Waals surface area contributed by atoms with Crippen LogP contribution in [0, 0.1) is 5.92 Å². The van der Waals surface area contributed by atoms with Crippen LogP contribution in [-0.4, -0.2) is 35.1 Å². The molecular weight excluding hydrogens is 256 g/mol. The number of carboxylic acid groups (broad SMARTS) is 1. The molecule has 0 saturated carbocycles. The van der Waals surface area contributed by atoms with Crippen LogP contribution < -0.4 is 5.32 Å². The summed E-state index contributed by atoms with van der Waals surface area (Å²) >= 11 is 0. The van der Waals surface area contributed by atoms with Gasteiger partial charge in [0.25, 0.3) is 0 Å². The lowest BCUT2D eigenvalue weighted by molar-refractivity contribution is 0.0696. The van der Waals surface area contributed by atoms with Gasteiger partial charge in [-0.15, -0.1) is 0 Å². The number of nitrogens with zero attached hydrogens (tertiary/aromatic N) is 1. The minimum Gasteiger partial charge on any atom is -0.478 e. The van der Waals surface area contributed by atoms with Crippen molar-refractivity contribution < 1.29 is 14.7 Å². The second-order valence-electron chi connectivity index (χ2n) is 5.17. The molecule has 0 bridgehead atoms. The highest BCUT2D eigenvalue weighted by atomic mass is 16.4. The van der Waals surface area contributed by atoms with Crippen molar-refractivity contribution in [2.45, 2.75) is 26.3 Å². The largest absolute Gasteiger partial charge is 0.478 e. The summed E-state index contributed by atoms with van der Waals surface area (Å²) in [4.78, 5) is 24.7. The number of carboxylic acids is 1. The molecule has 1 saturated heterocycles. The number of aromatic carboxylic acids is 1. The Bertz CT molecular complexity index is 502. The van der Waals surface area contributed by atoms with Crippen LogP contribution in [0.25, 0.3) is 0 Å². The molecule has 20 heavy (non-hydrogen) atoms. The number of hydrogen-bond donors (Lipinski definition) is 2. The van der Waals surface area contributed by atoms with Crippen LogP contribution in [0.4, 0.5) is 4.79 Å². The van der Waals surface area contributed by atoms with Gasteiger partial charge in [0, 0.05) is 19.6 Å². The van der Waals surface area contributed by atoms with Gasteiger partial charge in [-0.1, -0.05) is 25.5 Å². The van der Waals surface area contributed by atoms with Crippen LogP contribution in [0.2, 0.25) is 0 Å². The van der Waals surface area contributed by atoms with Gasteiger partial charge in [-0.05, 0) is 30.0 Å². The fraction of sp³-hybridized carbons (Fsp3) is 0.467. The average Bonchev–Trinajstić information content (AvgIpc) is 2.94. The van der Waals surface area contributed by atoms with Crippen molar-refractivity contribution in [1.29, 1.82) is 0 Å².